The van der Waals surface area contributed by atoms with Crippen molar-refractivity contribution in [3.05, 3.63) is 0 Å². The highest BCUT2D eigenvalue weighted by molar-refractivity contribution is 5.93. The van der Waals surface area contributed by atoms with Crippen LogP contribution >= 0.6 is 12.4 Å². The first-order chi connectivity index (χ1) is 9.17. The molecule has 120 valence electrons. The molecule has 0 bridgehead atoms. The van der Waals surface area contributed by atoms with Crippen LogP contribution in [0.4, 0.5) is 0 Å². The lowest BCUT2D eigenvalue weighted by molar-refractivity contribution is -0.167. The number of nitrogens with two attached hydrogens (primary N) is 1. The van der Waals surface area contributed by atoms with Crippen LogP contribution < -0.4 is 11.1 Å². The van der Waals surface area contributed by atoms with E-state index in [1.165, 1.54) is 6.92 Å². The number of carboxylic acids is 2. The van der Waals surface area contributed by atoms with Gasteiger partial charge in [0, 0.05) is 12.3 Å². The van der Waals surface area contributed by atoms with Crippen LogP contribution in [0.1, 0.15) is 26.2 Å². The second kappa shape index (κ2) is 5.43. The van der Waals surface area contributed by atoms with Gasteiger partial charge in [0.05, 0.1) is 11.5 Å². The Hall–Kier alpha value is -1.38. The lowest BCUT2D eigenvalue weighted by Crippen LogP contribution is -2.63. The van der Waals surface area contributed by atoms with Crippen molar-refractivity contribution in [3.8, 4) is 0 Å². The lowest BCUT2D eigenvalue weighted by atomic mass is 9.89. The van der Waals surface area contributed by atoms with Gasteiger partial charge in [-0.25, -0.2) is 4.79 Å². The van der Waals surface area contributed by atoms with Gasteiger partial charge in [-0.05, 0) is 18.8 Å². The number of aliphatic carboxylic acids is 2. The van der Waals surface area contributed by atoms with Crippen LogP contribution in [0.2, 0.25) is 0 Å². The summed E-state index contributed by atoms with van der Waals surface area (Å²) < 4.78 is 0. The minimum absolute atomic E-state index is 0. The van der Waals surface area contributed by atoms with Crippen molar-refractivity contribution in [3.63, 3.8) is 0 Å². The average Bonchev–Trinajstić information content (AvgIpc) is 3.02. The van der Waals surface area contributed by atoms with Gasteiger partial charge < -0.3 is 26.4 Å². The van der Waals surface area contributed by atoms with Crippen LogP contribution in [0.3, 0.4) is 0 Å². The predicted octanol–water partition coefficient (Wildman–Crippen LogP) is -0.854. The topological polar surface area (TPSA) is 150 Å². The fourth-order valence-corrected chi connectivity index (χ4v) is 3.21. The maximum atomic E-state index is 12.2. The van der Waals surface area contributed by atoms with E-state index < -0.39 is 40.9 Å². The van der Waals surface area contributed by atoms with Gasteiger partial charge in [0.1, 0.15) is 0 Å². The zero-order chi connectivity index (χ0) is 15.3. The van der Waals surface area contributed by atoms with E-state index in [9.17, 15) is 19.5 Å². The summed E-state index contributed by atoms with van der Waals surface area (Å²) in [5, 5.41) is 29.8. The molecule has 0 saturated heterocycles. The molecule has 0 heterocycles. The second-order valence-electron chi connectivity index (χ2n) is 5.61. The number of carbonyl (C=O) groups is 3. The summed E-state index contributed by atoms with van der Waals surface area (Å²) in [6, 6.07) is 0. The van der Waals surface area contributed by atoms with Crippen molar-refractivity contribution in [1.29, 1.82) is 0 Å². The first-order valence-electron chi connectivity index (χ1n) is 6.47. The van der Waals surface area contributed by atoms with E-state index in [1.807, 2.05) is 5.32 Å². The van der Waals surface area contributed by atoms with Gasteiger partial charge in [-0.3, -0.25) is 9.59 Å². The van der Waals surface area contributed by atoms with E-state index in [1.54, 1.807) is 0 Å². The summed E-state index contributed by atoms with van der Waals surface area (Å²) >= 11 is 0. The molecule has 0 aromatic rings. The number of carbonyl (C=O) groups excluding carboxylic acids is 1. The highest BCUT2D eigenvalue weighted by Crippen LogP contribution is 2.61. The molecular weight excluding hydrogens is 304 g/mol. The van der Waals surface area contributed by atoms with Crippen molar-refractivity contribution in [2.75, 3.05) is 0 Å². The van der Waals surface area contributed by atoms with Crippen LogP contribution in [0.25, 0.3) is 0 Å². The summed E-state index contributed by atoms with van der Waals surface area (Å²) in [7, 11) is 0. The van der Waals surface area contributed by atoms with Gasteiger partial charge in [-0.2, -0.15) is 0 Å². The molecule has 2 fully saturated rings. The molecule has 5 atom stereocenters. The molecule has 0 spiro atoms. The van der Waals surface area contributed by atoms with Gasteiger partial charge in [-0.15, -0.1) is 12.4 Å². The fraction of sp³-hybridized carbons (Fsp3) is 0.750. The SMILES string of the molecule is CCC(O)(NC(=O)[C@]1(N)CC[C@H]2[C@H](C(=O)O)[C@H]21)C(=O)O.Cl. The molecule has 0 aromatic heterocycles. The Morgan fingerprint density at radius 1 is 1.38 bits per heavy atom. The molecule has 0 aromatic carbocycles. The molecule has 1 unspecified atom stereocenters. The summed E-state index contributed by atoms with van der Waals surface area (Å²) in [5.74, 6) is -4.65. The Morgan fingerprint density at radius 2 is 1.95 bits per heavy atom. The van der Waals surface area contributed by atoms with Gasteiger partial charge in [0.15, 0.2) is 0 Å². The minimum Gasteiger partial charge on any atom is -0.481 e. The molecule has 21 heavy (non-hydrogen) atoms. The molecule has 6 N–H and O–H groups in total. The van der Waals surface area contributed by atoms with Gasteiger partial charge in [-0.1, -0.05) is 6.92 Å². The van der Waals surface area contributed by atoms with E-state index in [2.05, 4.69) is 0 Å². The number of rotatable bonds is 5. The zero-order valence-electron chi connectivity index (χ0n) is 11.4. The van der Waals surface area contributed by atoms with Crippen LogP contribution in [0.5, 0.6) is 0 Å². The monoisotopic (exact) mass is 322 g/mol. The standard InChI is InChI=1S/C12H18N2O6.ClH/c1-2-12(20,10(18)19)14-9(17)11(13)4-3-5-6(7(5)11)8(15)16;/h5-7,20H,2-4,13H2,1H3,(H,14,17)(H,15,16)(H,18,19);1H/t5-,6-,7-,11-,12?;/m0./s1. The largest absolute Gasteiger partial charge is 0.481 e. The normalized spacial score (nSPS) is 35.9. The smallest absolute Gasteiger partial charge is 0.357 e. The summed E-state index contributed by atoms with van der Waals surface area (Å²) in [6.45, 7) is 1.41. The minimum atomic E-state index is -2.38. The van der Waals surface area contributed by atoms with Gasteiger partial charge in [0.25, 0.3) is 0 Å². The summed E-state index contributed by atoms with van der Waals surface area (Å²) in [5.41, 5.74) is 2.19. The number of halogens is 1. The number of hydrogen-bond acceptors (Lipinski definition) is 5. The molecule has 2 aliphatic rings. The fourth-order valence-electron chi connectivity index (χ4n) is 3.21. The molecule has 2 aliphatic carbocycles. The Morgan fingerprint density at radius 3 is 2.33 bits per heavy atom. The van der Waals surface area contributed by atoms with E-state index in [-0.39, 0.29) is 31.2 Å². The maximum absolute atomic E-state index is 12.2. The number of carboxylic acid groups (broad SMARTS) is 2. The third kappa shape index (κ3) is 2.58. The van der Waals surface area contributed by atoms with Crippen LogP contribution in [-0.2, 0) is 14.4 Å². The van der Waals surface area contributed by atoms with Crippen molar-refractivity contribution in [2.24, 2.45) is 23.5 Å². The Labute approximate surface area is 127 Å². The Balaban J connectivity index is 0.00000220. The Kier molecular flexibility index (Phi) is 4.57. The van der Waals surface area contributed by atoms with Crippen molar-refractivity contribution >= 4 is 30.3 Å². The maximum Gasteiger partial charge on any atom is 0.357 e. The Bertz CT molecular complexity index is 486. The molecule has 1 amide bonds. The number of aliphatic hydroxyl groups is 1. The zero-order valence-corrected chi connectivity index (χ0v) is 12.2. The van der Waals surface area contributed by atoms with Gasteiger partial charge >= 0.3 is 11.9 Å². The van der Waals surface area contributed by atoms with Crippen molar-refractivity contribution in [1.82, 2.24) is 5.32 Å². The van der Waals surface area contributed by atoms with E-state index in [0.29, 0.717) is 6.42 Å². The highest BCUT2D eigenvalue weighted by atomic mass is 35.5. The number of hydrogen-bond donors (Lipinski definition) is 5. The average molecular weight is 323 g/mol. The van der Waals surface area contributed by atoms with Gasteiger partial charge in [0.2, 0.25) is 11.6 Å². The quantitative estimate of drug-likeness (QED) is 0.413. The molecule has 8 nitrogen and oxygen atoms in total. The highest BCUT2D eigenvalue weighted by Gasteiger charge is 2.70. The molecule has 0 radical (unpaired) electrons. The number of nitrogens with one attached hydrogen (secondary N) is 1. The van der Waals surface area contributed by atoms with E-state index in [0.717, 1.165) is 0 Å². The van der Waals surface area contributed by atoms with Crippen molar-refractivity contribution < 1.29 is 29.7 Å². The van der Waals surface area contributed by atoms with Crippen LogP contribution in [-0.4, -0.2) is 44.4 Å². The van der Waals surface area contributed by atoms with Crippen LogP contribution in [0, 0.1) is 17.8 Å². The predicted molar refractivity (Wildman–Crippen MR) is 72.5 cm³/mol. The molecular formula is C12H19ClN2O6. The van der Waals surface area contributed by atoms with Crippen LogP contribution in [0.15, 0.2) is 0 Å². The molecule has 2 saturated carbocycles. The molecule has 9 heteroatoms. The van der Waals surface area contributed by atoms with Crippen molar-refractivity contribution in [2.45, 2.75) is 37.5 Å². The first-order valence-corrected chi connectivity index (χ1v) is 6.47. The number of amides is 1. The van der Waals surface area contributed by atoms with E-state index >= 15 is 0 Å². The number of fused-ring (bicyclic) bond motifs is 1. The van der Waals surface area contributed by atoms with E-state index in [4.69, 9.17) is 15.9 Å². The molecule has 0 aliphatic heterocycles. The third-order valence-corrected chi connectivity index (χ3v) is 4.55. The first kappa shape index (κ1) is 17.7. The molecule has 2 rings (SSSR count). The lowest BCUT2D eigenvalue weighted by Gasteiger charge is -2.31. The summed E-state index contributed by atoms with van der Waals surface area (Å²) in [4.78, 5) is 34.2. The third-order valence-electron chi connectivity index (χ3n) is 4.55. The summed E-state index contributed by atoms with van der Waals surface area (Å²) in [6.07, 6.45) is 0.584. The second-order valence-corrected chi connectivity index (χ2v) is 5.61.